The molecular weight excluding hydrogens is 316 g/mol. The Bertz CT molecular complexity index is 775. The molecule has 1 aliphatic rings. The fourth-order valence-corrected chi connectivity index (χ4v) is 3.11. The molecule has 0 radical (unpaired) electrons. The van der Waals surface area contributed by atoms with Crippen molar-refractivity contribution < 1.29 is 9.59 Å². The van der Waals surface area contributed by atoms with Crippen molar-refractivity contribution >= 4 is 17.6 Å². The van der Waals surface area contributed by atoms with Gasteiger partial charge in [-0.05, 0) is 43.0 Å². The minimum atomic E-state index is -0.311. The zero-order valence-corrected chi connectivity index (χ0v) is 14.7. The van der Waals surface area contributed by atoms with Crippen LogP contribution in [-0.2, 0) is 13.6 Å². The van der Waals surface area contributed by atoms with E-state index in [0.29, 0.717) is 17.8 Å². The normalized spacial score (nSPS) is 13.8. The maximum atomic E-state index is 12.7. The van der Waals surface area contributed by atoms with Crippen LogP contribution in [0.15, 0.2) is 36.7 Å². The second-order valence-corrected chi connectivity index (χ2v) is 6.49. The number of likely N-dealkylation sites (tertiary alicyclic amines) is 1. The van der Waals surface area contributed by atoms with Crippen LogP contribution in [0.2, 0.25) is 0 Å². The number of urea groups is 1. The highest BCUT2D eigenvalue weighted by Gasteiger charge is 2.23. The standard InChI is InChI=1S/C19H24N4O2/c1-14-6-5-7-16(18(24)23-9-3-4-10-23)17(14)21-19(25)20-12-15-8-11-22(2)13-15/h5-8,11,13H,3-4,9-10,12H2,1-2H3,(H2,20,21,25). The Labute approximate surface area is 147 Å². The Morgan fingerprint density at radius 3 is 2.60 bits per heavy atom. The van der Waals surface area contributed by atoms with Gasteiger partial charge in [-0.3, -0.25) is 4.79 Å². The molecule has 2 N–H and O–H groups in total. The van der Waals surface area contributed by atoms with Gasteiger partial charge in [0.15, 0.2) is 0 Å². The number of benzene rings is 1. The topological polar surface area (TPSA) is 66.4 Å². The first-order chi connectivity index (χ1) is 12.0. The molecule has 0 unspecified atom stereocenters. The highest BCUT2D eigenvalue weighted by atomic mass is 16.2. The minimum absolute atomic E-state index is 0.0143. The van der Waals surface area contributed by atoms with E-state index < -0.39 is 0 Å². The molecule has 25 heavy (non-hydrogen) atoms. The molecule has 2 heterocycles. The molecule has 0 aliphatic carbocycles. The summed E-state index contributed by atoms with van der Waals surface area (Å²) in [5.41, 5.74) is 3.04. The van der Waals surface area contributed by atoms with Gasteiger partial charge in [0.2, 0.25) is 0 Å². The van der Waals surface area contributed by atoms with Crippen LogP contribution < -0.4 is 10.6 Å². The Morgan fingerprint density at radius 1 is 1.16 bits per heavy atom. The summed E-state index contributed by atoms with van der Waals surface area (Å²) in [6, 6.07) is 7.17. The SMILES string of the molecule is Cc1cccc(C(=O)N2CCCC2)c1NC(=O)NCc1ccn(C)c1. The molecular formula is C19H24N4O2. The van der Waals surface area contributed by atoms with E-state index in [1.165, 1.54) is 0 Å². The van der Waals surface area contributed by atoms with Crippen molar-refractivity contribution in [3.63, 3.8) is 0 Å². The first kappa shape index (κ1) is 17.1. The average Bonchev–Trinajstić information content (AvgIpc) is 3.26. The molecule has 6 heteroatoms. The number of amides is 3. The van der Waals surface area contributed by atoms with E-state index in [9.17, 15) is 9.59 Å². The summed E-state index contributed by atoms with van der Waals surface area (Å²) in [6.07, 6.45) is 5.97. The summed E-state index contributed by atoms with van der Waals surface area (Å²) >= 11 is 0. The van der Waals surface area contributed by atoms with Crippen LogP contribution in [0.5, 0.6) is 0 Å². The molecule has 2 aromatic rings. The van der Waals surface area contributed by atoms with Crippen LogP contribution in [0.25, 0.3) is 0 Å². The van der Waals surface area contributed by atoms with Crippen LogP contribution in [0.3, 0.4) is 0 Å². The average molecular weight is 340 g/mol. The molecule has 1 aliphatic heterocycles. The van der Waals surface area contributed by atoms with Gasteiger partial charge in [-0.25, -0.2) is 4.79 Å². The Balaban J connectivity index is 1.70. The quantitative estimate of drug-likeness (QED) is 0.899. The molecule has 3 rings (SSSR count). The second kappa shape index (κ2) is 7.42. The predicted molar refractivity (Wildman–Crippen MR) is 97.6 cm³/mol. The smallest absolute Gasteiger partial charge is 0.319 e. The Kier molecular flexibility index (Phi) is 5.07. The van der Waals surface area contributed by atoms with Crippen molar-refractivity contribution in [1.29, 1.82) is 0 Å². The number of carbonyl (C=O) groups excluding carboxylic acids is 2. The van der Waals surface area contributed by atoms with Gasteiger partial charge < -0.3 is 20.1 Å². The van der Waals surface area contributed by atoms with Crippen LogP contribution in [0.4, 0.5) is 10.5 Å². The molecule has 0 spiro atoms. The van der Waals surface area contributed by atoms with E-state index >= 15 is 0 Å². The monoisotopic (exact) mass is 340 g/mol. The van der Waals surface area contributed by atoms with Gasteiger partial charge in [0.25, 0.3) is 5.91 Å². The number of rotatable bonds is 4. The van der Waals surface area contributed by atoms with Crippen LogP contribution in [-0.4, -0.2) is 34.5 Å². The molecule has 1 fully saturated rings. The number of aromatic nitrogens is 1. The van der Waals surface area contributed by atoms with E-state index in [1.54, 1.807) is 6.07 Å². The van der Waals surface area contributed by atoms with E-state index in [0.717, 1.165) is 37.1 Å². The molecule has 0 saturated carbocycles. The molecule has 1 aromatic carbocycles. The third-order valence-electron chi connectivity index (χ3n) is 4.48. The third kappa shape index (κ3) is 4.02. The predicted octanol–water partition coefficient (Wildman–Crippen LogP) is 2.89. The zero-order chi connectivity index (χ0) is 17.8. The summed E-state index contributed by atoms with van der Waals surface area (Å²) in [6.45, 7) is 3.90. The van der Waals surface area contributed by atoms with E-state index in [-0.39, 0.29) is 11.9 Å². The fraction of sp³-hybridized carbons (Fsp3) is 0.368. The van der Waals surface area contributed by atoms with Gasteiger partial charge in [-0.2, -0.15) is 0 Å². The summed E-state index contributed by atoms with van der Waals surface area (Å²) in [5.74, 6) is -0.0143. The van der Waals surface area contributed by atoms with Gasteiger partial charge in [0.05, 0.1) is 11.3 Å². The number of anilines is 1. The van der Waals surface area contributed by atoms with E-state index in [2.05, 4.69) is 10.6 Å². The zero-order valence-electron chi connectivity index (χ0n) is 14.7. The van der Waals surface area contributed by atoms with E-state index in [4.69, 9.17) is 0 Å². The first-order valence-corrected chi connectivity index (χ1v) is 8.59. The van der Waals surface area contributed by atoms with Crippen molar-refractivity contribution in [1.82, 2.24) is 14.8 Å². The maximum Gasteiger partial charge on any atom is 0.319 e. The van der Waals surface area contributed by atoms with Gasteiger partial charge in [-0.1, -0.05) is 12.1 Å². The molecule has 132 valence electrons. The van der Waals surface area contributed by atoms with Crippen molar-refractivity contribution in [3.05, 3.63) is 53.3 Å². The number of nitrogens with zero attached hydrogens (tertiary/aromatic N) is 2. The van der Waals surface area contributed by atoms with Gasteiger partial charge in [0, 0.05) is 39.1 Å². The second-order valence-electron chi connectivity index (χ2n) is 6.49. The summed E-state index contributed by atoms with van der Waals surface area (Å²) in [4.78, 5) is 26.9. The molecule has 0 atom stereocenters. The Hall–Kier alpha value is -2.76. The summed E-state index contributed by atoms with van der Waals surface area (Å²) in [7, 11) is 1.94. The number of hydrogen-bond acceptors (Lipinski definition) is 2. The highest BCUT2D eigenvalue weighted by molar-refractivity contribution is 6.04. The minimum Gasteiger partial charge on any atom is -0.357 e. The lowest BCUT2D eigenvalue weighted by Crippen LogP contribution is -2.32. The number of para-hydroxylation sites is 1. The van der Waals surface area contributed by atoms with Crippen LogP contribution >= 0.6 is 0 Å². The largest absolute Gasteiger partial charge is 0.357 e. The van der Waals surface area contributed by atoms with Gasteiger partial charge in [-0.15, -0.1) is 0 Å². The summed E-state index contributed by atoms with van der Waals surface area (Å²) < 4.78 is 1.93. The molecule has 0 bridgehead atoms. The summed E-state index contributed by atoms with van der Waals surface area (Å²) in [5, 5.41) is 5.69. The molecule has 1 saturated heterocycles. The number of carbonyl (C=O) groups is 2. The van der Waals surface area contributed by atoms with Crippen molar-refractivity contribution in [2.45, 2.75) is 26.3 Å². The fourth-order valence-electron chi connectivity index (χ4n) is 3.11. The number of hydrogen-bond donors (Lipinski definition) is 2. The molecule has 6 nitrogen and oxygen atoms in total. The number of nitrogens with one attached hydrogen (secondary N) is 2. The van der Waals surface area contributed by atoms with Crippen LogP contribution in [0, 0.1) is 6.92 Å². The lowest BCUT2D eigenvalue weighted by atomic mass is 10.1. The van der Waals surface area contributed by atoms with Crippen LogP contribution in [0.1, 0.15) is 34.3 Å². The first-order valence-electron chi connectivity index (χ1n) is 8.59. The maximum absolute atomic E-state index is 12.7. The number of aryl methyl sites for hydroxylation is 2. The van der Waals surface area contributed by atoms with Gasteiger partial charge >= 0.3 is 6.03 Å². The van der Waals surface area contributed by atoms with Crippen molar-refractivity contribution in [3.8, 4) is 0 Å². The lowest BCUT2D eigenvalue weighted by Gasteiger charge is -2.19. The Morgan fingerprint density at radius 2 is 1.92 bits per heavy atom. The molecule has 3 amide bonds. The lowest BCUT2D eigenvalue weighted by molar-refractivity contribution is 0.0794. The molecule has 1 aromatic heterocycles. The van der Waals surface area contributed by atoms with E-state index in [1.807, 2.05) is 54.0 Å². The third-order valence-corrected chi connectivity index (χ3v) is 4.48. The van der Waals surface area contributed by atoms with Crippen molar-refractivity contribution in [2.75, 3.05) is 18.4 Å². The van der Waals surface area contributed by atoms with Gasteiger partial charge in [0.1, 0.15) is 0 Å². The van der Waals surface area contributed by atoms with Crippen molar-refractivity contribution in [2.24, 2.45) is 7.05 Å². The highest BCUT2D eigenvalue weighted by Crippen LogP contribution is 2.23.